The van der Waals surface area contributed by atoms with Crippen molar-refractivity contribution >= 4 is 5.69 Å². The molecule has 110 valence electrons. The van der Waals surface area contributed by atoms with Gasteiger partial charge >= 0.3 is 0 Å². The van der Waals surface area contributed by atoms with Gasteiger partial charge in [-0.25, -0.2) is 0 Å². The highest BCUT2D eigenvalue weighted by molar-refractivity contribution is 5.51. The van der Waals surface area contributed by atoms with Gasteiger partial charge in [0.15, 0.2) is 11.5 Å². The summed E-state index contributed by atoms with van der Waals surface area (Å²) in [6.45, 7) is 1.73. The van der Waals surface area contributed by atoms with E-state index in [1.165, 1.54) is 0 Å². The van der Waals surface area contributed by atoms with E-state index in [2.05, 4.69) is 0 Å². The zero-order valence-electron chi connectivity index (χ0n) is 11.6. The van der Waals surface area contributed by atoms with Gasteiger partial charge in [-0.2, -0.15) is 0 Å². The monoisotopic (exact) mass is 287 g/mol. The standard InChI is InChI=1S/C16H17NO4/c17-13-3-1-2-4-14(13)19-8-7-18-10-12-5-6-15-16(9-12)21-11-20-15/h1-6,9H,7-8,10-11,17H2. The first-order chi connectivity index (χ1) is 10.3. The number of hydrogen-bond donors (Lipinski definition) is 1. The van der Waals surface area contributed by atoms with E-state index in [1.54, 1.807) is 0 Å². The minimum Gasteiger partial charge on any atom is -0.489 e. The first kappa shape index (κ1) is 13.6. The average Bonchev–Trinajstić information content (AvgIpc) is 2.96. The molecule has 1 aliphatic heterocycles. The van der Waals surface area contributed by atoms with Crippen LogP contribution in [0.1, 0.15) is 5.56 Å². The highest BCUT2D eigenvalue weighted by Crippen LogP contribution is 2.32. The summed E-state index contributed by atoms with van der Waals surface area (Å²) in [5.41, 5.74) is 7.46. The SMILES string of the molecule is Nc1ccccc1OCCOCc1ccc2c(c1)OCO2. The lowest BCUT2D eigenvalue weighted by molar-refractivity contribution is 0.0890. The Morgan fingerprint density at radius 2 is 1.86 bits per heavy atom. The molecule has 2 aromatic rings. The van der Waals surface area contributed by atoms with Gasteiger partial charge in [-0.05, 0) is 29.8 Å². The third kappa shape index (κ3) is 3.38. The van der Waals surface area contributed by atoms with Gasteiger partial charge in [0.1, 0.15) is 12.4 Å². The Morgan fingerprint density at radius 3 is 2.76 bits per heavy atom. The van der Waals surface area contributed by atoms with Crippen LogP contribution in [0.5, 0.6) is 17.2 Å². The largest absolute Gasteiger partial charge is 0.489 e. The number of ether oxygens (including phenoxy) is 4. The quantitative estimate of drug-likeness (QED) is 0.653. The fourth-order valence-corrected chi connectivity index (χ4v) is 2.04. The summed E-state index contributed by atoms with van der Waals surface area (Å²) in [6.07, 6.45) is 0. The van der Waals surface area contributed by atoms with Crippen molar-refractivity contribution in [3.8, 4) is 17.2 Å². The van der Waals surface area contributed by atoms with Crippen molar-refractivity contribution in [2.24, 2.45) is 0 Å². The van der Waals surface area contributed by atoms with Crippen molar-refractivity contribution in [2.75, 3.05) is 25.7 Å². The lowest BCUT2D eigenvalue weighted by Crippen LogP contribution is -2.07. The Labute approximate surface area is 123 Å². The van der Waals surface area contributed by atoms with Gasteiger partial charge in [0.05, 0.1) is 18.9 Å². The molecule has 1 heterocycles. The molecule has 1 aliphatic rings. The molecule has 0 aromatic heterocycles. The van der Waals surface area contributed by atoms with Gasteiger partial charge in [0, 0.05) is 0 Å². The number of rotatable bonds is 6. The highest BCUT2D eigenvalue weighted by Gasteiger charge is 2.12. The van der Waals surface area contributed by atoms with Gasteiger partial charge in [-0.1, -0.05) is 18.2 Å². The minimum absolute atomic E-state index is 0.284. The molecule has 0 aliphatic carbocycles. The van der Waals surface area contributed by atoms with Crippen LogP contribution >= 0.6 is 0 Å². The lowest BCUT2D eigenvalue weighted by atomic mass is 10.2. The summed E-state index contributed by atoms with van der Waals surface area (Å²) in [6, 6.07) is 13.2. The molecule has 5 heteroatoms. The van der Waals surface area contributed by atoms with Gasteiger partial charge in [0.25, 0.3) is 0 Å². The molecule has 0 saturated heterocycles. The fraction of sp³-hybridized carbons (Fsp3) is 0.250. The third-order valence-electron chi connectivity index (χ3n) is 3.11. The molecular formula is C16H17NO4. The van der Waals surface area contributed by atoms with Crippen molar-refractivity contribution in [3.05, 3.63) is 48.0 Å². The fourth-order valence-electron chi connectivity index (χ4n) is 2.04. The van der Waals surface area contributed by atoms with Crippen LogP contribution in [0.3, 0.4) is 0 Å². The van der Waals surface area contributed by atoms with Gasteiger partial charge in [0.2, 0.25) is 6.79 Å². The van der Waals surface area contributed by atoms with E-state index in [9.17, 15) is 0 Å². The van der Waals surface area contributed by atoms with Crippen molar-refractivity contribution in [1.29, 1.82) is 0 Å². The topological polar surface area (TPSA) is 62.9 Å². The molecule has 0 amide bonds. The molecule has 21 heavy (non-hydrogen) atoms. The molecule has 0 bridgehead atoms. The van der Waals surface area contributed by atoms with E-state index >= 15 is 0 Å². The molecule has 2 aromatic carbocycles. The van der Waals surface area contributed by atoms with Crippen molar-refractivity contribution in [1.82, 2.24) is 0 Å². The van der Waals surface area contributed by atoms with Crippen molar-refractivity contribution in [3.63, 3.8) is 0 Å². The van der Waals surface area contributed by atoms with Crippen LogP contribution in [-0.2, 0) is 11.3 Å². The molecule has 0 fully saturated rings. The first-order valence-corrected chi connectivity index (χ1v) is 6.76. The second-order valence-electron chi connectivity index (χ2n) is 4.63. The maximum atomic E-state index is 5.79. The maximum absolute atomic E-state index is 5.79. The predicted octanol–water partition coefficient (Wildman–Crippen LogP) is 2.59. The third-order valence-corrected chi connectivity index (χ3v) is 3.11. The Morgan fingerprint density at radius 1 is 1.00 bits per heavy atom. The normalized spacial score (nSPS) is 12.4. The van der Waals surface area contributed by atoms with Gasteiger partial charge in [-0.15, -0.1) is 0 Å². The zero-order chi connectivity index (χ0) is 14.5. The van der Waals surface area contributed by atoms with Crippen LogP contribution in [-0.4, -0.2) is 20.0 Å². The van der Waals surface area contributed by atoms with Crippen LogP contribution in [0.25, 0.3) is 0 Å². The van der Waals surface area contributed by atoms with Gasteiger partial charge < -0.3 is 24.7 Å². The van der Waals surface area contributed by atoms with Crippen LogP contribution in [0.15, 0.2) is 42.5 Å². The Bertz CT molecular complexity index is 615. The Balaban J connectivity index is 1.41. The molecular weight excluding hydrogens is 270 g/mol. The van der Waals surface area contributed by atoms with Crippen LogP contribution < -0.4 is 19.9 Å². The number of fused-ring (bicyclic) bond motifs is 1. The molecule has 0 saturated carbocycles. The smallest absolute Gasteiger partial charge is 0.231 e. The Hall–Kier alpha value is -2.40. The molecule has 5 nitrogen and oxygen atoms in total. The summed E-state index contributed by atoms with van der Waals surface area (Å²) in [4.78, 5) is 0. The Kier molecular flexibility index (Phi) is 4.12. The average molecular weight is 287 g/mol. The highest BCUT2D eigenvalue weighted by atomic mass is 16.7. The second-order valence-corrected chi connectivity index (χ2v) is 4.63. The van der Waals surface area contributed by atoms with E-state index in [1.807, 2.05) is 42.5 Å². The van der Waals surface area contributed by atoms with Crippen molar-refractivity contribution < 1.29 is 18.9 Å². The van der Waals surface area contributed by atoms with E-state index in [-0.39, 0.29) is 6.79 Å². The zero-order valence-corrected chi connectivity index (χ0v) is 11.6. The number of nitrogen functional groups attached to an aromatic ring is 1. The summed E-state index contributed by atoms with van der Waals surface area (Å²) in [7, 11) is 0. The summed E-state index contributed by atoms with van der Waals surface area (Å²) < 4.78 is 21.7. The van der Waals surface area contributed by atoms with Crippen LogP contribution in [0.4, 0.5) is 5.69 Å². The summed E-state index contributed by atoms with van der Waals surface area (Å²) in [5, 5.41) is 0. The molecule has 0 atom stereocenters. The number of benzene rings is 2. The molecule has 2 N–H and O–H groups in total. The first-order valence-electron chi connectivity index (χ1n) is 6.76. The number of para-hydroxylation sites is 2. The van der Waals surface area contributed by atoms with E-state index in [0.29, 0.717) is 31.3 Å². The second kappa shape index (κ2) is 6.37. The molecule has 0 spiro atoms. The van der Waals surface area contributed by atoms with E-state index < -0.39 is 0 Å². The molecule has 0 radical (unpaired) electrons. The minimum atomic E-state index is 0.284. The summed E-state index contributed by atoms with van der Waals surface area (Å²) >= 11 is 0. The summed E-state index contributed by atoms with van der Waals surface area (Å²) in [5.74, 6) is 2.23. The van der Waals surface area contributed by atoms with Crippen LogP contribution in [0.2, 0.25) is 0 Å². The van der Waals surface area contributed by atoms with Crippen molar-refractivity contribution in [2.45, 2.75) is 6.61 Å². The number of nitrogens with two attached hydrogens (primary N) is 1. The van der Waals surface area contributed by atoms with Gasteiger partial charge in [-0.3, -0.25) is 0 Å². The number of hydrogen-bond acceptors (Lipinski definition) is 5. The lowest BCUT2D eigenvalue weighted by Gasteiger charge is -2.09. The molecule has 3 rings (SSSR count). The van der Waals surface area contributed by atoms with E-state index in [0.717, 1.165) is 17.1 Å². The molecule has 0 unspecified atom stereocenters. The van der Waals surface area contributed by atoms with E-state index in [4.69, 9.17) is 24.7 Å². The number of anilines is 1. The van der Waals surface area contributed by atoms with Crippen LogP contribution in [0, 0.1) is 0 Å². The maximum Gasteiger partial charge on any atom is 0.231 e. The predicted molar refractivity (Wildman–Crippen MR) is 78.6 cm³/mol.